The van der Waals surface area contributed by atoms with Crippen LogP contribution in [0.3, 0.4) is 0 Å². The van der Waals surface area contributed by atoms with Crippen LogP contribution in [0.1, 0.15) is 36.5 Å². The first kappa shape index (κ1) is 15.5. The zero-order valence-electron chi connectivity index (χ0n) is 12.6. The molecule has 1 aliphatic rings. The van der Waals surface area contributed by atoms with E-state index in [9.17, 15) is 9.90 Å². The van der Waals surface area contributed by atoms with Gasteiger partial charge in [-0.05, 0) is 61.8 Å². The van der Waals surface area contributed by atoms with Gasteiger partial charge in [-0.3, -0.25) is 9.69 Å². The fourth-order valence-electron chi connectivity index (χ4n) is 2.19. The lowest BCUT2D eigenvalue weighted by molar-refractivity contribution is -0.122. The van der Waals surface area contributed by atoms with Crippen LogP contribution in [0.25, 0.3) is 6.08 Å². The van der Waals surface area contributed by atoms with Crippen molar-refractivity contribution >= 4 is 29.3 Å². The Hall–Kier alpha value is -1.88. The lowest BCUT2D eigenvalue weighted by Crippen LogP contribution is -2.31. The second-order valence-corrected chi connectivity index (χ2v) is 5.68. The second-order valence-electron chi connectivity index (χ2n) is 5.29. The topological polar surface area (TPSA) is 52.6 Å². The van der Waals surface area contributed by atoms with Crippen LogP contribution in [0.15, 0.2) is 17.8 Å². The first-order valence-electron chi connectivity index (χ1n) is 7.08. The number of unbranched alkanes of at least 4 members (excludes halogenated alkanes) is 1. The number of amides is 1. The van der Waals surface area contributed by atoms with Gasteiger partial charge in [0, 0.05) is 12.1 Å². The van der Waals surface area contributed by atoms with Gasteiger partial charge in [0.05, 0.1) is 0 Å². The minimum absolute atomic E-state index is 0.133. The van der Waals surface area contributed by atoms with Crippen molar-refractivity contribution in [3.63, 3.8) is 0 Å². The molecule has 1 aromatic carbocycles. The monoisotopic (exact) mass is 304 g/mol. The maximum atomic E-state index is 12.3. The Morgan fingerprint density at radius 1 is 1.33 bits per heavy atom. The lowest BCUT2D eigenvalue weighted by Gasteiger charge is -2.12. The van der Waals surface area contributed by atoms with Gasteiger partial charge in [0.1, 0.15) is 11.4 Å². The molecule has 0 saturated carbocycles. The molecule has 112 valence electrons. The van der Waals surface area contributed by atoms with Crippen LogP contribution < -0.4 is 5.32 Å². The van der Waals surface area contributed by atoms with Crippen molar-refractivity contribution in [2.75, 3.05) is 6.54 Å². The average molecular weight is 304 g/mol. The van der Waals surface area contributed by atoms with Crippen LogP contribution in [0.2, 0.25) is 0 Å². The molecule has 0 bridgehead atoms. The molecule has 21 heavy (non-hydrogen) atoms. The molecule has 0 aromatic heterocycles. The standard InChI is InChI=1S/C16H20N2O2S/c1-4-5-6-18-15(20)13(17-16(18)21)9-12-7-10(2)11(3)8-14(12)19/h7-9,19H,4-6H2,1-3H3,(H,17,21)/b13-9-. The number of hydrogen-bond donors (Lipinski definition) is 2. The van der Waals surface area contributed by atoms with Crippen LogP contribution in [-0.4, -0.2) is 27.6 Å². The smallest absolute Gasteiger partial charge is 0.276 e. The fourth-order valence-corrected chi connectivity index (χ4v) is 2.47. The van der Waals surface area contributed by atoms with E-state index in [0.717, 1.165) is 24.0 Å². The Bertz CT molecular complexity index is 623. The van der Waals surface area contributed by atoms with E-state index < -0.39 is 0 Å². The quantitative estimate of drug-likeness (QED) is 0.663. The molecule has 1 fully saturated rings. The van der Waals surface area contributed by atoms with Crippen LogP contribution in [0.4, 0.5) is 0 Å². The molecule has 0 atom stereocenters. The molecule has 1 aliphatic heterocycles. The molecule has 1 amide bonds. The van der Waals surface area contributed by atoms with Gasteiger partial charge in [0.2, 0.25) is 0 Å². The first-order valence-corrected chi connectivity index (χ1v) is 7.49. The third kappa shape index (κ3) is 3.24. The van der Waals surface area contributed by atoms with E-state index in [1.54, 1.807) is 17.0 Å². The number of nitrogens with zero attached hydrogens (tertiary/aromatic N) is 1. The summed E-state index contributed by atoms with van der Waals surface area (Å²) in [5.41, 5.74) is 3.11. The number of carbonyl (C=O) groups is 1. The number of carbonyl (C=O) groups excluding carboxylic acids is 1. The highest BCUT2D eigenvalue weighted by Crippen LogP contribution is 2.25. The van der Waals surface area contributed by atoms with Gasteiger partial charge in [-0.25, -0.2) is 0 Å². The molecule has 1 heterocycles. The highest BCUT2D eigenvalue weighted by molar-refractivity contribution is 7.80. The summed E-state index contributed by atoms with van der Waals surface area (Å²) in [4.78, 5) is 13.9. The summed E-state index contributed by atoms with van der Waals surface area (Å²) in [5.74, 6) is 0.0317. The van der Waals surface area contributed by atoms with E-state index in [-0.39, 0.29) is 11.7 Å². The van der Waals surface area contributed by atoms with Gasteiger partial charge in [-0.1, -0.05) is 13.3 Å². The SMILES string of the molecule is CCCCN1C(=O)/C(=C/c2cc(C)c(C)cc2O)NC1=S. The number of nitrogens with one attached hydrogen (secondary N) is 1. The molecule has 2 N–H and O–H groups in total. The van der Waals surface area contributed by atoms with E-state index >= 15 is 0 Å². The Labute approximate surface area is 130 Å². The molecule has 0 unspecified atom stereocenters. The van der Waals surface area contributed by atoms with Gasteiger partial charge in [-0.15, -0.1) is 0 Å². The number of hydrogen-bond acceptors (Lipinski definition) is 3. The Balaban J connectivity index is 2.28. The average Bonchev–Trinajstić information content (AvgIpc) is 2.69. The summed E-state index contributed by atoms with van der Waals surface area (Å²) < 4.78 is 0. The first-order chi connectivity index (χ1) is 9.93. The summed E-state index contributed by atoms with van der Waals surface area (Å²) in [6.07, 6.45) is 3.57. The molecular weight excluding hydrogens is 284 g/mol. The van der Waals surface area contributed by atoms with Crippen LogP contribution in [0.5, 0.6) is 5.75 Å². The number of aryl methyl sites for hydroxylation is 2. The number of aromatic hydroxyl groups is 1. The van der Waals surface area contributed by atoms with E-state index in [1.165, 1.54) is 0 Å². The van der Waals surface area contributed by atoms with Gasteiger partial charge < -0.3 is 10.4 Å². The zero-order chi connectivity index (χ0) is 15.6. The van der Waals surface area contributed by atoms with Gasteiger partial charge in [0.25, 0.3) is 5.91 Å². The predicted octanol–water partition coefficient (Wildman–Crippen LogP) is 2.87. The van der Waals surface area contributed by atoms with Crippen LogP contribution >= 0.6 is 12.2 Å². The van der Waals surface area contributed by atoms with E-state index in [0.29, 0.717) is 22.9 Å². The van der Waals surface area contributed by atoms with Gasteiger partial charge in [0.15, 0.2) is 5.11 Å². The lowest BCUT2D eigenvalue weighted by atomic mass is 10.0. The van der Waals surface area contributed by atoms with E-state index in [4.69, 9.17) is 12.2 Å². The van der Waals surface area contributed by atoms with Gasteiger partial charge in [-0.2, -0.15) is 0 Å². The minimum Gasteiger partial charge on any atom is -0.507 e. The number of thiocarbonyl (C=S) groups is 1. The number of benzene rings is 1. The predicted molar refractivity (Wildman–Crippen MR) is 87.9 cm³/mol. The molecule has 0 radical (unpaired) electrons. The maximum Gasteiger partial charge on any atom is 0.276 e. The van der Waals surface area contributed by atoms with Crippen molar-refractivity contribution in [1.82, 2.24) is 10.2 Å². The second kappa shape index (κ2) is 6.26. The molecule has 2 rings (SSSR count). The number of phenolic OH excluding ortho intramolecular Hbond substituents is 1. The largest absolute Gasteiger partial charge is 0.507 e. The summed E-state index contributed by atoms with van der Waals surface area (Å²) in [7, 11) is 0. The van der Waals surface area contributed by atoms with E-state index in [1.807, 2.05) is 19.9 Å². The third-order valence-electron chi connectivity index (χ3n) is 3.64. The summed E-state index contributed by atoms with van der Waals surface area (Å²) >= 11 is 5.19. The normalized spacial score (nSPS) is 16.7. The molecule has 5 heteroatoms. The van der Waals surface area contributed by atoms with Crippen LogP contribution in [0, 0.1) is 13.8 Å². The Morgan fingerprint density at radius 3 is 2.67 bits per heavy atom. The molecule has 1 saturated heterocycles. The Morgan fingerprint density at radius 2 is 2.00 bits per heavy atom. The van der Waals surface area contributed by atoms with E-state index in [2.05, 4.69) is 12.2 Å². The number of phenols is 1. The maximum absolute atomic E-state index is 12.3. The van der Waals surface area contributed by atoms with Crippen LogP contribution in [-0.2, 0) is 4.79 Å². The van der Waals surface area contributed by atoms with Crippen molar-refractivity contribution in [3.8, 4) is 5.75 Å². The van der Waals surface area contributed by atoms with Crippen molar-refractivity contribution < 1.29 is 9.90 Å². The number of rotatable bonds is 4. The highest BCUT2D eigenvalue weighted by Gasteiger charge is 2.30. The zero-order valence-corrected chi connectivity index (χ0v) is 13.4. The van der Waals surface area contributed by atoms with Crippen molar-refractivity contribution in [2.24, 2.45) is 0 Å². The minimum atomic E-state index is -0.133. The van der Waals surface area contributed by atoms with Crippen molar-refractivity contribution in [2.45, 2.75) is 33.6 Å². The third-order valence-corrected chi connectivity index (χ3v) is 3.96. The molecule has 4 nitrogen and oxygen atoms in total. The summed E-state index contributed by atoms with van der Waals surface area (Å²) in [6, 6.07) is 3.57. The van der Waals surface area contributed by atoms with Crippen molar-refractivity contribution in [3.05, 3.63) is 34.5 Å². The molecule has 1 aromatic rings. The fraction of sp³-hybridized carbons (Fsp3) is 0.375. The highest BCUT2D eigenvalue weighted by atomic mass is 32.1. The molecule has 0 aliphatic carbocycles. The summed E-state index contributed by atoms with van der Waals surface area (Å²) in [5, 5.41) is 13.4. The van der Waals surface area contributed by atoms with Gasteiger partial charge >= 0.3 is 0 Å². The molecular formula is C16H20N2O2S. The molecule has 0 spiro atoms. The van der Waals surface area contributed by atoms with Crippen molar-refractivity contribution in [1.29, 1.82) is 0 Å². The Kier molecular flexibility index (Phi) is 4.63. The summed E-state index contributed by atoms with van der Waals surface area (Å²) in [6.45, 7) is 6.60.